The number of hydrogen-bond donors (Lipinski definition) is 3. The predicted molar refractivity (Wildman–Crippen MR) is 65.8 cm³/mol. The third-order valence-electron chi connectivity index (χ3n) is 2.09. The van der Waals surface area contributed by atoms with Crippen molar-refractivity contribution in [3.05, 3.63) is 0 Å². The Kier molecular flexibility index (Phi) is 7.28. The van der Waals surface area contributed by atoms with Crippen LogP contribution in [0, 0.1) is 5.92 Å². The normalized spacial score (nSPS) is 11.5. The summed E-state index contributed by atoms with van der Waals surface area (Å²) in [6, 6.07) is 0. The molecule has 0 aromatic heterocycles. The van der Waals surface area contributed by atoms with Gasteiger partial charge in [0, 0.05) is 20.1 Å². The van der Waals surface area contributed by atoms with E-state index >= 15 is 0 Å². The van der Waals surface area contributed by atoms with Gasteiger partial charge in [0.25, 0.3) is 0 Å². The van der Waals surface area contributed by atoms with Gasteiger partial charge in [-0.25, -0.2) is 10.8 Å². The minimum Gasteiger partial charge on any atom is -0.355 e. The first-order valence-electron chi connectivity index (χ1n) is 5.50. The van der Waals surface area contributed by atoms with Crippen LogP contribution in [0.25, 0.3) is 0 Å². The zero-order valence-corrected chi connectivity index (χ0v) is 10.6. The van der Waals surface area contributed by atoms with Crippen molar-refractivity contribution in [2.75, 3.05) is 26.7 Å². The van der Waals surface area contributed by atoms with Gasteiger partial charge < -0.3 is 10.2 Å². The number of rotatable bonds is 5. The number of guanidine groups is 1. The lowest BCUT2D eigenvalue weighted by atomic mass is 10.2. The molecule has 0 atom stereocenters. The van der Waals surface area contributed by atoms with E-state index in [2.05, 4.69) is 29.6 Å². The summed E-state index contributed by atoms with van der Waals surface area (Å²) in [5.74, 6) is 6.20. The molecule has 0 saturated heterocycles. The van der Waals surface area contributed by atoms with Gasteiger partial charge in [-0.3, -0.25) is 10.2 Å². The van der Waals surface area contributed by atoms with Crippen molar-refractivity contribution in [3.63, 3.8) is 0 Å². The zero-order chi connectivity index (χ0) is 12.6. The van der Waals surface area contributed by atoms with E-state index in [4.69, 9.17) is 5.84 Å². The predicted octanol–water partition coefficient (Wildman–Crippen LogP) is -0.470. The maximum Gasteiger partial charge on any atom is 0.244 e. The summed E-state index contributed by atoms with van der Waals surface area (Å²) in [6.07, 6.45) is 0. The van der Waals surface area contributed by atoms with Crippen LogP contribution in [0.3, 0.4) is 0 Å². The van der Waals surface area contributed by atoms with Crippen molar-refractivity contribution in [2.24, 2.45) is 16.8 Å². The molecule has 0 radical (unpaired) electrons. The Hall–Kier alpha value is -1.30. The average molecular weight is 229 g/mol. The highest BCUT2D eigenvalue weighted by Crippen LogP contribution is 1.88. The second kappa shape index (κ2) is 7.92. The molecule has 6 nitrogen and oxygen atoms in total. The highest BCUT2D eigenvalue weighted by Gasteiger charge is 2.05. The van der Waals surface area contributed by atoms with Crippen LogP contribution in [0.15, 0.2) is 4.99 Å². The van der Waals surface area contributed by atoms with Gasteiger partial charge in [-0.1, -0.05) is 13.8 Å². The first-order chi connectivity index (χ1) is 7.51. The number of carbonyl (C=O) groups excluding carboxylic acids is 1. The van der Waals surface area contributed by atoms with E-state index in [-0.39, 0.29) is 12.5 Å². The average Bonchev–Trinajstić information content (AvgIpc) is 2.27. The van der Waals surface area contributed by atoms with E-state index in [0.29, 0.717) is 18.4 Å². The lowest BCUT2D eigenvalue weighted by Crippen LogP contribution is -2.43. The highest BCUT2D eigenvalue weighted by atomic mass is 16.2. The molecule has 94 valence electrons. The molecule has 0 rings (SSSR count). The van der Waals surface area contributed by atoms with Crippen molar-refractivity contribution >= 4 is 11.9 Å². The van der Waals surface area contributed by atoms with Crippen molar-refractivity contribution in [2.45, 2.75) is 20.8 Å². The molecule has 0 aromatic carbocycles. The van der Waals surface area contributed by atoms with Gasteiger partial charge in [-0.05, 0) is 12.8 Å². The Morgan fingerprint density at radius 3 is 2.56 bits per heavy atom. The van der Waals surface area contributed by atoms with Gasteiger partial charge in [-0.2, -0.15) is 0 Å². The lowest BCUT2D eigenvalue weighted by Gasteiger charge is -2.14. The molecule has 0 fully saturated rings. The number of hydrazine groups is 1. The van der Waals surface area contributed by atoms with Gasteiger partial charge in [0.05, 0.1) is 0 Å². The summed E-state index contributed by atoms with van der Waals surface area (Å²) in [6.45, 7) is 7.63. The van der Waals surface area contributed by atoms with Crippen LogP contribution in [0.2, 0.25) is 0 Å². The number of hydrogen-bond acceptors (Lipinski definition) is 3. The molecule has 1 amide bonds. The van der Waals surface area contributed by atoms with E-state index < -0.39 is 0 Å². The number of carbonyl (C=O) groups is 1. The minimum atomic E-state index is -0.0263. The van der Waals surface area contributed by atoms with E-state index in [0.717, 1.165) is 6.54 Å². The van der Waals surface area contributed by atoms with E-state index in [1.165, 1.54) is 0 Å². The Labute approximate surface area is 97.3 Å². The molecule has 16 heavy (non-hydrogen) atoms. The van der Waals surface area contributed by atoms with Gasteiger partial charge in [-0.15, -0.1) is 0 Å². The summed E-state index contributed by atoms with van der Waals surface area (Å²) in [4.78, 5) is 17.1. The molecule has 0 aliphatic carbocycles. The highest BCUT2D eigenvalue weighted by molar-refractivity contribution is 5.84. The Morgan fingerprint density at radius 2 is 2.12 bits per heavy atom. The third kappa shape index (κ3) is 6.23. The molecule has 0 heterocycles. The van der Waals surface area contributed by atoms with Crippen LogP contribution in [0.5, 0.6) is 0 Å². The Morgan fingerprint density at radius 1 is 1.50 bits per heavy atom. The largest absolute Gasteiger partial charge is 0.355 e. The van der Waals surface area contributed by atoms with Gasteiger partial charge in [0.1, 0.15) is 6.54 Å². The fourth-order valence-electron chi connectivity index (χ4n) is 0.897. The summed E-state index contributed by atoms with van der Waals surface area (Å²) in [5, 5.41) is 3.02. The molecule has 0 bridgehead atoms. The first-order valence-corrected chi connectivity index (χ1v) is 5.50. The first kappa shape index (κ1) is 14.7. The lowest BCUT2D eigenvalue weighted by molar-refractivity contribution is -0.128. The molecular weight excluding hydrogens is 206 g/mol. The molecule has 0 aliphatic rings. The molecule has 6 heteroatoms. The zero-order valence-electron chi connectivity index (χ0n) is 10.6. The topological polar surface area (TPSA) is 82.8 Å². The van der Waals surface area contributed by atoms with Crippen LogP contribution in [0.1, 0.15) is 20.8 Å². The molecule has 0 unspecified atom stereocenters. The van der Waals surface area contributed by atoms with Gasteiger partial charge in [0.15, 0.2) is 0 Å². The molecule has 0 aliphatic heterocycles. The third-order valence-corrected chi connectivity index (χ3v) is 2.09. The van der Waals surface area contributed by atoms with Crippen LogP contribution < -0.4 is 16.6 Å². The molecule has 0 aromatic rings. The number of nitrogens with zero attached hydrogens (tertiary/aromatic N) is 2. The second-order valence-corrected chi connectivity index (χ2v) is 3.99. The van der Waals surface area contributed by atoms with Crippen LogP contribution in [-0.2, 0) is 4.79 Å². The van der Waals surface area contributed by atoms with Crippen molar-refractivity contribution in [1.82, 2.24) is 15.6 Å². The SMILES string of the molecule is CCN(C)C(=O)CN=C(NN)NCC(C)C. The summed E-state index contributed by atoms with van der Waals surface area (Å²) >= 11 is 0. The maximum absolute atomic E-state index is 11.5. The number of likely N-dealkylation sites (N-methyl/N-ethyl adjacent to an activating group) is 1. The van der Waals surface area contributed by atoms with Gasteiger partial charge in [0.2, 0.25) is 11.9 Å². The van der Waals surface area contributed by atoms with Crippen molar-refractivity contribution < 1.29 is 4.79 Å². The fourth-order valence-corrected chi connectivity index (χ4v) is 0.897. The molecule has 0 spiro atoms. The number of nitrogens with one attached hydrogen (secondary N) is 2. The number of amides is 1. The summed E-state index contributed by atoms with van der Waals surface area (Å²) in [5.41, 5.74) is 2.44. The van der Waals surface area contributed by atoms with E-state index in [1.807, 2.05) is 6.92 Å². The van der Waals surface area contributed by atoms with Crippen molar-refractivity contribution in [1.29, 1.82) is 0 Å². The number of nitrogens with two attached hydrogens (primary N) is 1. The maximum atomic E-state index is 11.5. The Bertz CT molecular complexity index is 239. The quantitative estimate of drug-likeness (QED) is 0.258. The standard InChI is InChI=1S/C10H23N5O/c1-5-15(4)9(16)7-13-10(14-11)12-6-8(2)3/h8H,5-7,11H2,1-4H3,(H2,12,13,14). The number of aliphatic imine (C=N–C) groups is 1. The molecule has 0 saturated carbocycles. The van der Waals surface area contributed by atoms with E-state index in [9.17, 15) is 4.79 Å². The van der Waals surface area contributed by atoms with Crippen LogP contribution in [0.4, 0.5) is 0 Å². The second-order valence-electron chi connectivity index (χ2n) is 3.99. The smallest absolute Gasteiger partial charge is 0.244 e. The molecular formula is C10H23N5O. The fraction of sp³-hybridized carbons (Fsp3) is 0.800. The van der Waals surface area contributed by atoms with Crippen LogP contribution in [-0.4, -0.2) is 43.4 Å². The monoisotopic (exact) mass is 229 g/mol. The summed E-state index contributed by atoms with van der Waals surface area (Å²) < 4.78 is 0. The van der Waals surface area contributed by atoms with Crippen molar-refractivity contribution in [3.8, 4) is 0 Å². The van der Waals surface area contributed by atoms with Gasteiger partial charge >= 0.3 is 0 Å². The van der Waals surface area contributed by atoms with E-state index in [1.54, 1.807) is 11.9 Å². The minimum absolute atomic E-state index is 0.0263. The van der Waals surface area contributed by atoms with Crippen LogP contribution >= 0.6 is 0 Å². The molecule has 4 N–H and O–H groups in total. The summed E-state index contributed by atoms with van der Waals surface area (Å²) in [7, 11) is 1.74. The Balaban J connectivity index is 4.10.